The minimum Gasteiger partial charge on any atom is -0.399 e. The Kier molecular flexibility index (Phi) is 2.73. The van der Waals surface area contributed by atoms with Crippen LogP contribution in [-0.2, 0) is 6.54 Å². The molecule has 0 amide bonds. The van der Waals surface area contributed by atoms with Gasteiger partial charge in [0, 0.05) is 18.3 Å². The zero-order chi connectivity index (χ0) is 9.97. The van der Waals surface area contributed by atoms with Crippen molar-refractivity contribution in [3.05, 3.63) is 29.3 Å². The van der Waals surface area contributed by atoms with Crippen molar-refractivity contribution in [2.45, 2.75) is 38.8 Å². The number of hydrogen-bond acceptors (Lipinski definition) is 2. The highest BCUT2D eigenvalue weighted by atomic mass is 14.9. The quantitative estimate of drug-likeness (QED) is 0.717. The number of nitrogens with two attached hydrogens (primary N) is 1. The lowest BCUT2D eigenvalue weighted by molar-refractivity contribution is 0.338. The lowest BCUT2D eigenvalue weighted by Crippen LogP contribution is -2.34. The van der Waals surface area contributed by atoms with E-state index in [2.05, 4.69) is 24.4 Å². The van der Waals surface area contributed by atoms with Gasteiger partial charge in [-0.3, -0.25) is 0 Å². The molecule has 14 heavy (non-hydrogen) atoms. The normalized spacial score (nSPS) is 16.6. The van der Waals surface area contributed by atoms with Crippen molar-refractivity contribution >= 4 is 5.69 Å². The van der Waals surface area contributed by atoms with E-state index in [1.807, 2.05) is 6.07 Å². The minimum atomic E-state index is 0.757. The van der Waals surface area contributed by atoms with Gasteiger partial charge >= 0.3 is 0 Å². The Morgan fingerprint density at radius 2 is 2.21 bits per heavy atom. The molecular weight excluding hydrogens is 172 g/mol. The van der Waals surface area contributed by atoms with E-state index in [1.165, 1.54) is 30.4 Å². The maximum atomic E-state index is 5.76. The molecule has 0 unspecified atom stereocenters. The SMILES string of the molecule is Cc1cc(CNC2CCC2)ccc1N. The number of benzene rings is 1. The van der Waals surface area contributed by atoms with Gasteiger partial charge in [-0.15, -0.1) is 0 Å². The van der Waals surface area contributed by atoms with Crippen molar-refractivity contribution < 1.29 is 0 Å². The van der Waals surface area contributed by atoms with Gasteiger partial charge in [0.1, 0.15) is 0 Å². The first-order valence-electron chi connectivity index (χ1n) is 5.34. The predicted octanol–water partition coefficient (Wildman–Crippen LogP) is 2.22. The maximum Gasteiger partial charge on any atom is 0.0343 e. The second kappa shape index (κ2) is 4.01. The molecule has 0 aromatic heterocycles. The van der Waals surface area contributed by atoms with Crippen LogP contribution >= 0.6 is 0 Å². The molecule has 2 nitrogen and oxygen atoms in total. The zero-order valence-electron chi connectivity index (χ0n) is 8.72. The standard InChI is InChI=1S/C12H18N2/c1-9-7-10(5-6-12(9)13)8-14-11-3-2-4-11/h5-7,11,14H,2-4,8,13H2,1H3. The van der Waals surface area contributed by atoms with Crippen molar-refractivity contribution in [3.8, 4) is 0 Å². The van der Waals surface area contributed by atoms with Crippen LogP contribution < -0.4 is 11.1 Å². The van der Waals surface area contributed by atoms with Crippen LogP contribution in [0.1, 0.15) is 30.4 Å². The fourth-order valence-corrected chi connectivity index (χ4v) is 1.72. The van der Waals surface area contributed by atoms with E-state index in [4.69, 9.17) is 5.73 Å². The van der Waals surface area contributed by atoms with Gasteiger partial charge in [-0.05, 0) is 37.0 Å². The van der Waals surface area contributed by atoms with Gasteiger partial charge in [0.15, 0.2) is 0 Å². The molecule has 1 aromatic rings. The highest BCUT2D eigenvalue weighted by molar-refractivity contribution is 5.47. The van der Waals surface area contributed by atoms with Crippen LogP contribution in [-0.4, -0.2) is 6.04 Å². The molecule has 2 rings (SSSR count). The molecule has 1 saturated carbocycles. The summed E-state index contributed by atoms with van der Waals surface area (Å²) in [6.45, 7) is 3.04. The number of nitrogens with one attached hydrogen (secondary N) is 1. The molecule has 0 atom stereocenters. The van der Waals surface area contributed by atoms with E-state index in [-0.39, 0.29) is 0 Å². The highest BCUT2D eigenvalue weighted by Gasteiger charge is 2.15. The molecule has 0 saturated heterocycles. The fourth-order valence-electron chi connectivity index (χ4n) is 1.72. The molecule has 2 heteroatoms. The van der Waals surface area contributed by atoms with Crippen LogP contribution in [0, 0.1) is 6.92 Å². The van der Waals surface area contributed by atoms with Crippen molar-refractivity contribution in [2.24, 2.45) is 0 Å². The Labute approximate surface area is 85.5 Å². The smallest absolute Gasteiger partial charge is 0.0343 e. The van der Waals surface area contributed by atoms with Gasteiger partial charge in [0.25, 0.3) is 0 Å². The Hall–Kier alpha value is -1.02. The monoisotopic (exact) mass is 190 g/mol. The van der Waals surface area contributed by atoms with E-state index < -0.39 is 0 Å². The van der Waals surface area contributed by atoms with Crippen LogP contribution in [0.2, 0.25) is 0 Å². The molecule has 3 N–H and O–H groups in total. The van der Waals surface area contributed by atoms with Gasteiger partial charge < -0.3 is 11.1 Å². The zero-order valence-corrected chi connectivity index (χ0v) is 8.72. The summed E-state index contributed by atoms with van der Waals surface area (Å²) in [7, 11) is 0. The van der Waals surface area contributed by atoms with E-state index in [0.29, 0.717) is 0 Å². The van der Waals surface area contributed by atoms with Gasteiger partial charge in [-0.1, -0.05) is 18.6 Å². The van der Waals surface area contributed by atoms with Crippen molar-refractivity contribution in [1.82, 2.24) is 5.32 Å². The van der Waals surface area contributed by atoms with Gasteiger partial charge in [0.05, 0.1) is 0 Å². The molecular formula is C12H18N2. The maximum absolute atomic E-state index is 5.76. The molecule has 0 spiro atoms. The largest absolute Gasteiger partial charge is 0.399 e. The summed E-state index contributed by atoms with van der Waals surface area (Å²) >= 11 is 0. The van der Waals surface area contributed by atoms with Crippen LogP contribution in [0.25, 0.3) is 0 Å². The lowest BCUT2D eigenvalue weighted by atomic mass is 9.93. The van der Waals surface area contributed by atoms with Crippen LogP contribution in [0.5, 0.6) is 0 Å². The Morgan fingerprint density at radius 1 is 1.43 bits per heavy atom. The molecule has 1 aromatic carbocycles. The predicted molar refractivity (Wildman–Crippen MR) is 60.1 cm³/mol. The second-order valence-electron chi connectivity index (χ2n) is 4.20. The molecule has 1 aliphatic carbocycles. The lowest BCUT2D eigenvalue weighted by Gasteiger charge is -2.26. The summed E-state index contributed by atoms with van der Waals surface area (Å²) in [5.74, 6) is 0. The first-order chi connectivity index (χ1) is 6.75. The third-order valence-electron chi connectivity index (χ3n) is 3.03. The molecule has 0 radical (unpaired) electrons. The average molecular weight is 190 g/mol. The van der Waals surface area contributed by atoms with Gasteiger partial charge in [-0.2, -0.15) is 0 Å². The summed E-state index contributed by atoms with van der Waals surface area (Å²) in [5, 5.41) is 3.54. The number of aryl methyl sites for hydroxylation is 1. The first-order valence-corrected chi connectivity index (χ1v) is 5.34. The fraction of sp³-hybridized carbons (Fsp3) is 0.500. The third kappa shape index (κ3) is 2.07. The summed E-state index contributed by atoms with van der Waals surface area (Å²) in [6, 6.07) is 7.02. The van der Waals surface area contributed by atoms with E-state index >= 15 is 0 Å². The summed E-state index contributed by atoms with van der Waals surface area (Å²) < 4.78 is 0. The number of anilines is 1. The van der Waals surface area contributed by atoms with Crippen LogP contribution in [0.15, 0.2) is 18.2 Å². The second-order valence-corrected chi connectivity index (χ2v) is 4.20. The van der Waals surface area contributed by atoms with Crippen molar-refractivity contribution in [3.63, 3.8) is 0 Å². The third-order valence-corrected chi connectivity index (χ3v) is 3.03. The van der Waals surface area contributed by atoms with Crippen molar-refractivity contribution in [2.75, 3.05) is 5.73 Å². The molecule has 1 aliphatic rings. The van der Waals surface area contributed by atoms with E-state index in [1.54, 1.807) is 0 Å². The van der Waals surface area contributed by atoms with Gasteiger partial charge in [0.2, 0.25) is 0 Å². The Morgan fingerprint density at radius 3 is 2.79 bits per heavy atom. The van der Waals surface area contributed by atoms with Crippen molar-refractivity contribution in [1.29, 1.82) is 0 Å². The summed E-state index contributed by atoms with van der Waals surface area (Å²) in [4.78, 5) is 0. The minimum absolute atomic E-state index is 0.757. The Balaban J connectivity index is 1.91. The van der Waals surface area contributed by atoms with Crippen LogP contribution in [0.3, 0.4) is 0 Å². The summed E-state index contributed by atoms with van der Waals surface area (Å²) in [5.41, 5.74) is 9.16. The molecule has 1 fully saturated rings. The average Bonchev–Trinajstić information content (AvgIpc) is 2.08. The number of nitrogen functional groups attached to an aromatic ring is 1. The van der Waals surface area contributed by atoms with Gasteiger partial charge in [-0.25, -0.2) is 0 Å². The molecule has 0 aliphatic heterocycles. The number of rotatable bonds is 3. The Bertz CT molecular complexity index is 316. The highest BCUT2D eigenvalue weighted by Crippen LogP contribution is 2.19. The van der Waals surface area contributed by atoms with Crippen LogP contribution in [0.4, 0.5) is 5.69 Å². The molecule has 0 heterocycles. The number of hydrogen-bond donors (Lipinski definition) is 2. The topological polar surface area (TPSA) is 38.0 Å². The molecule has 76 valence electrons. The molecule has 0 bridgehead atoms. The summed E-state index contributed by atoms with van der Waals surface area (Å²) in [6.07, 6.45) is 4.07. The van der Waals surface area contributed by atoms with E-state index in [0.717, 1.165) is 18.3 Å². The first kappa shape index (κ1) is 9.53. The van der Waals surface area contributed by atoms with E-state index in [9.17, 15) is 0 Å².